The quantitative estimate of drug-likeness (QED) is 0.226. The molecule has 2 heterocycles. The SMILES string of the molecule is CCOC(=O)c1cc(C(=O)c2ccc(F)cc2)n2c3ccccc3n(CC(=O)c3ccc(F)cc3)c12. The number of esters is 1. The Morgan fingerprint density at radius 3 is 2.00 bits per heavy atom. The van der Waals surface area contributed by atoms with Crippen molar-refractivity contribution in [1.29, 1.82) is 0 Å². The standard InChI is InChI=1S/C28H20F2N2O4/c1-2-36-28(35)21-15-24(26(34)18-9-13-20(30)14-10-18)32-23-6-4-3-5-22(23)31(27(21)32)16-25(33)17-7-11-19(29)12-8-17/h3-15H,2,16H2,1H3. The second-order valence-corrected chi connectivity index (χ2v) is 8.16. The van der Waals surface area contributed by atoms with Crippen LogP contribution in [-0.4, -0.2) is 33.1 Å². The molecule has 0 saturated carbocycles. The van der Waals surface area contributed by atoms with Crippen LogP contribution in [0.25, 0.3) is 16.7 Å². The van der Waals surface area contributed by atoms with Gasteiger partial charge in [0.15, 0.2) is 5.78 Å². The van der Waals surface area contributed by atoms with Crippen LogP contribution in [0.3, 0.4) is 0 Å². The van der Waals surface area contributed by atoms with Crippen LogP contribution in [0.2, 0.25) is 0 Å². The fourth-order valence-corrected chi connectivity index (χ4v) is 4.31. The third kappa shape index (κ3) is 3.96. The molecular weight excluding hydrogens is 466 g/mol. The van der Waals surface area contributed by atoms with Crippen molar-refractivity contribution in [2.45, 2.75) is 13.5 Å². The van der Waals surface area contributed by atoms with E-state index >= 15 is 0 Å². The topological polar surface area (TPSA) is 69.8 Å². The van der Waals surface area contributed by atoms with Crippen molar-refractivity contribution in [3.8, 4) is 0 Å². The zero-order valence-corrected chi connectivity index (χ0v) is 19.2. The number of carbonyl (C=O) groups is 3. The Balaban J connectivity index is 1.74. The molecule has 6 nitrogen and oxygen atoms in total. The minimum absolute atomic E-state index is 0.116. The third-order valence-electron chi connectivity index (χ3n) is 5.95. The first kappa shape index (κ1) is 23.2. The average Bonchev–Trinajstić information content (AvgIpc) is 3.42. The molecule has 0 aliphatic heterocycles. The highest BCUT2D eigenvalue weighted by Gasteiger charge is 2.27. The Morgan fingerprint density at radius 2 is 1.39 bits per heavy atom. The van der Waals surface area contributed by atoms with Crippen LogP contribution in [0.5, 0.6) is 0 Å². The van der Waals surface area contributed by atoms with Crippen molar-refractivity contribution in [1.82, 2.24) is 8.97 Å². The molecule has 0 saturated heterocycles. The Morgan fingerprint density at radius 1 is 0.806 bits per heavy atom. The molecule has 5 aromatic rings. The lowest BCUT2D eigenvalue weighted by molar-refractivity contribution is 0.0528. The van der Waals surface area contributed by atoms with Crippen LogP contribution < -0.4 is 0 Å². The summed E-state index contributed by atoms with van der Waals surface area (Å²) in [7, 11) is 0. The van der Waals surface area contributed by atoms with Gasteiger partial charge in [0.25, 0.3) is 0 Å². The van der Waals surface area contributed by atoms with E-state index in [-0.39, 0.29) is 35.8 Å². The number of fused-ring (bicyclic) bond motifs is 3. The predicted octanol–water partition coefficient (Wildman–Crippen LogP) is 5.46. The highest BCUT2D eigenvalue weighted by atomic mass is 19.1. The van der Waals surface area contributed by atoms with E-state index in [0.29, 0.717) is 22.2 Å². The number of nitrogens with zero attached hydrogens (tertiary/aromatic N) is 2. The van der Waals surface area contributed by atoms with Gasteiger partial charge in [-0.1, -0.05) is 12.1 Å². The summed E-state index contributed by atoms with van der Waals surface area (Å²) in [5.74, 6) is -2.31. The van der Waals surface area contributed by atoms with Gasteiger partial charge >= 0.3 is 5.97 Å². The molecule has 0 radical (unpaired) electrons. The molecule has 8 heteroatoms. The summed E-state index contributed by atoms with van der Waals surface area (Å²) in [4.78, 5) is 39.6. The molecule has 0 unspecified atom stereocenters. The molecule has 0 aliphatic rings. The lowest BCUT2D eigenvalue weighted by atomic mass is 10.1. The largest absolute Gasteiger partial charge is 0.462 e. The molecule has 0 spiro atoms. The molecule has 0 amide bonds. The van der Waals surface area contributed by atoms with Crippen molar-refractivity contribution in [3.63, 3.8) is 0 Å². The van der Waals surface area contributed by atoms with Crippen LogP contribution in [0.15, 0.2) is 78.9 Å². The second kappa shape index (κ2) is 9.22. The van der Waals surface area contributed by atoms with E-state index < -0.39 is 23.4 Å². The number of rotatable bonds is 7. The predicted molar refractivity (Wildman–Crippen MR) is 129 cm³/mol. The number of para-hydroxylation sites is 2. The van der Waals surface area contributed by atoms with Crippen molar-refractivity contribution < 1.29 is 27.9 Å². The molecular formula is C28H20F2N2O4. The maximum absolute atomic E-state index is 13.5. The Labute approximate surface area is 204 Å². The molecule has 0 N–H and O–H groups in total. The molecule has 0 bridgehead atoms. The monoisotopic (exact) mass is 486 g/mol. The molecule has 36 heavy (non-hydrogen) atoms. The lowest BCUT2D eigenvalue weighted by Crippen LogP contribution is -2.13. The normalized spacial score (nSPS) is 11.2. The minimum Gasteiger partial charge on any atom is -0.462 e. The minimum atomic E-state index is -0.647. The number of ether oxygens (including phenoxy) is 1. The fourth-order valence-electron chi connectivity index (χ4n) is 4.31. The molecule has 3 aromatic carbocycles. The summed E-state index contributed by atoms with van der Waals surface area (Å²) >= 11 is 0. The molecule has 0 fully saturated rings. The van der Waals surface area contributed by atoms with Gasteiger partial charge in [-0.25, -0.2) is 13.6 Å². The first-order valence-electron chi connectivity index (χ1n) is 11.3. The molecule has 0 atom stereocenters. The Bertz CT molecular complexity index is 1630. The van der Waals surface area contributed by atoms with E-state index in [2.05, 4.69) is 0 Å². The smallest absolute Gasteiger partial charge is 0.341 e. The highest BCUT2D eigenvalue weighted by molar-refractivity contribution is 6.13. The number of benzene rings is 3. The van der Waals surface area contributed by atoms with Gasteiger partial charge in [-0.15, -0.1) is 0 Å². The van der Waals surface area contributed by atoms with Gasteiger partial charge in [0.1, 0.15) is 22.8 Å². The first-order chi connectivity index (χ1) is 17.4. The summed E-state index contributed by atoms with van der Waals surface area (Å²) in [6, 6.07) is 18.9. The maximum atomic E-state index is 13.5. The lowest BCUT2D eigenvalue weighted by Gasteiger charge is -2.07. The number of hydrogen-bond acceptors (Lipinski definition) is 4. The Hall–Kier alpha value is -4.59. The maximum Gasteiger partial charge on any atom is 0.341 e. The molecule has 2 aromatic heterocycles. The zero-order chi connectivity index (χ0) is 25.4. The van der Waals surface area contributed by atoms with Gasteiger partial charge in [0.2, 0.25) is 5.78 Å². The Kier molecular flexibility index (Phi) is 5.93. The summed E-state index contributed by atoms with van der Waals surface area (Å²) in [6.07, 6.45) is 0. The molecule has 5 rings (SSSR count). The van der Waals surface area contributed by atoms with E-state index in [9.17, 15) is 23.2 Å². The van der Waals surface area contributed by atoms with Gasteiger partial charge < -0.3 is 9.30 Å². The number of hydrogen-bond donors (Lipinski definition) is 0. The van der Waals surface area contributed by atoms with E-state index in [4.69, 9.17) is 4.74 Å². The summed E-state index contributed by atoms with van der Waals surface area (Å²) in [5.41, 5.74) is 2.36. The van der Waals surface area contributed by atoms with Crippen molar-refractivity contribution >= 4 is 34.2 Å². The summed E-state index contributed by atoms with van der Waals surface area (Å²) in [5, 5.41) is 0. The van der Waals surface area contributed by atoms with Crippen LogP contribution in [0, 0.1) is 11.6 Å². The van der Waals surface area contributed by atoms with Crippen LogP contribution >= 0.6 is 0 Å². The number of imidazole rings is 1. The van der Waals surface area contributed by atoms with Gasteiger partial charge in [0.05, 0.1) is 29.9 Å². The average molecular weight is 486 g/mol. The number of aromatic nitrogens is 2. The van der Waals surface area contributed by atoms with Gasteiger partial charge in [-0.3, -0.25) is 14.0 Å². The number of ketones is 2. The van der Waals surface area contributed by atoms with Crippen LogP contribution in [-0.2, 0) is 11.3 Å². The number of carbonyl (C=O) groups excluding carboxylic acids is 3. The van der Waals surface area contributed by atoms with Crippen molar-refractivity contribution in [3.05, 3.63) is 113 Å². The molecule has 180 valence electrons. The highest BCUT2D eigenvalue weighted by Crippen LogP contribution is 2.30. The van der Waals surface area contributed by atoms with E-state index in [1.54, 1.807) is 40.2 Å². The fraction of sp³-hybridized carbons (Fsp3) is 0.107. The molecule has 0 aliphatic carbocycles. The second-order valence-electron chi connectivity index (χ2n) is 8.16. The van der Waals surface area contributed by atoms with Gasteiger partial charge in [0, 0.05) is 11.1 Å². The van der Waals surface area contributed by atoms with Gasteiger partial charge in [-0.2, -0.15) is 0 Å². The van der Waals surface area contributed by atoms with Crippen molar-refractivity contribution in [2.75, 3.05) is 6.61 Å². The van der Waals surface area contributed by atoms with Gasteiger partial charge in [-0.05, 0) is 73.7 Å². The van der Waals surface area contributed by atoms with Crippen LogP contribution in [0.4, 0.5) is 8.78 Å². The van der Waals surface area contributed by atoms with E-state index in [1.165, 1.54) is 54.6 Å². The van der Waals surface area contributed by atoms with Crippen molar-refractivity contribution in [2.24, 2.45) is 0 Å². The van der Waals surface area contributed by atoms with Crippen LogP contribution in [0.1, 0.15) is 43.7 Å². The summed E-state index contributed by atoms with van der Waals surface area (Å²) < 4.78 is 35.4. The zero-order valence-electron chi connectivity index (χ0n) is 19.2. The summed E-state index contributed by atoms with van der Waals surface area (Å²) in [6.45, 7) is 1.62. The first-order valence-corrected chi connectivity index (χ1v) is 11.3. The third-order valence-corrected chi connectivity index (χ3v) is 5.95. The van der Waals surface area contributed by atoms with E-state index in [0.717, 1.165) is 0 Å². The van der Waals surface area contributed by atoms with E-state index in [1.807, 2.05) is 0 Å². The number of halogens is 2. The number of Topliss-reactive ketones (excluding diaryl/α,β-unsaturated/α-hetero) is 1.